The fourth-order valence-corrected chi connectivity index (χ4v) is 1.75. The van der Waals surface area contributed by atoms with E-state index in [2.05, 4.69) is 15.2 Å². The molecular formula is C11H15ClN4O3S. The van der Waals surface area contributed by atoms with E-state index in [1.54, 1.807) is 24.3 Å². The molecule has 0 atom stereocenters. The van der Waals surface area contributed by atoms with Gasteiger partial charge in [-0.2, -0.15) is 22.5 Å². The third-order valence-electron chi connectivity index (χ3n) is 2.17. The Balaban J connectivity index is 2.42. The summed E-state index contributed by atoms with van der Waals surface area (Å²) in [6, 6.07) is 6.84. The van der Waals surface area contributed by atoms with Gasteiger partial charge in [-0.1, -0.05) is 23.7 Å². The lowest BCUT2D eigenvalue weighted by molar-refractivity contribution is -0.119. The summed E-state index contributed by atoms with van der Waals surface area (Å²) in [5.74, 6) is -0.569. The minimum Gasteiger partial charge on any atom is -0.272 e. The van der Waals surface area contributed by atoms with Gasteiger partial charge in [-0.3, -0.25) is 4.79 Å². The summed E-state index contributed by atoms with van der Waals surface area (Å²) in [7, 11) is -0.899. The van der Waals surface area contributed by atoms with Crippen molar-refractivity contribution < 1.29 is 13.2 Å². The average molecular weight is 319 g/mol. The van der Waals surface area contributed by atoms with Crippen molar-refractivity contribution in [3.8, 4) is 0 Å². The fourth-order valence-electron chi connectivity index (χ4n) is 1.05. The van der Waals surface area contributed by atoms with Gasteiger partial charge in [-0.25, -0.2) is 5.43 Å². The Morgan fingerprint density at radius 2 is 1.95 bits per heavy atom. The Bertz CT molecular complexity index is 584. The highest BCUT2D eigenvalue weighted by Gasteiger charge is 2.13. The minimum absolute atomic E-state index is 0.390. The molecule has 1 amide bonds. The molecule has 0 aliphatic carbocycles. The lowest BCUT2D eigenvalue weighted by Gasteiger charge is -2.11. The molecule has 0 unspecified atom stereocenters. The van der Waals surface area contributed by atoms with Gasteiger partial charge in [0.25, 0.3) is 16.1 Å². The molecule has 0 bridgehead atoms. The highest BCUT2D eigenvalue weighted by molar-refractivity contribution is 7.87. The third-order valence-corrected chi connectivity index (χ3v) is 3.89. The maximum absolute atomic E-state index is 11.4. The summed E-state index contributed by atoms with van der Waals surface area (Å²) in [5, 5.41) is 4.30. The van der Waals surface area contributed by atoms with E-state index in [1.807, 2.05) is 0 Å². The van der Waals surface area contributed by atoms with Crippen LogP contribution < -0.4 is 10.1 Å². The van der Waals surface area contributed by atoms with Crippen LogP contribution in [0.5, 0.6) is 0 Å². The first-order valence-corrected chi connectivity index (χ1v) is 7.37. The van der Waals surface area contributed by atoms with E-state index in [0.29, 0.717) is 5.02 Å². The number of rotatable bonds is 6. The predicted molar refractivity (Wildman–Crippen MR) is 77.8 cm³/mol. The highest BCUT2D eigenvalue weighted by Crippen LogP contribution is 2.07. The molecule has 0 radical (unpaired) electrons. The SMILES string of the molecule is CN(C)S(=O)(=O)NCC(=O)N/N=C\c1ccc(Cl)cc1. The first-order valence-electron chi connectivity index (χ1n) is 5.56. The van der Waals surface area contributed by atoms with Crippen LogP contribution in [0.15, 0.2) is 29.4 Å². The van der Waals surface area contributed by atoms with Crippen LogP contribution in [0.1, 0.15) is 5.56 Å². The van der Waals surface area contributed by atoms with E-state index >= 15 is 0 Å². The second-order valence-electron chi connectivity index (χ2n) is 3.95. The highest BCUT2D eigenvalue weighted by atomic mass is 35.5. The monoisotopic (exact) mass is 318 g/mol. The normalized spacial score (nSPS) is 12.0. The van der Waals surface area contributed by atoms with Gasteiger partial charge < -0.3 is 0 Å². The molecule has 7 nitrogen and oxygen atoms in total. The van der Waals surface area contributed by atoms with E-state index in [-0.39, 0.29) is 0 Å². The molecule has 0 aromatic heterocycles. The molecule has 0 saturated carbocycles. The fraction of sp³-hybridized carbons (Fsp3) is 0.273. The average Bonchev–Trinajstić information content (AvgIpc) is 2.39. The smallest absolute Gasteiger partial charge is 0.272 e. The van der Waals surface area contributed by atoms with Crippen LogP contribution in [-0.4, -0.2) is 45.5 Å². The Morgan fingerprint density at radius 3 is 2.50 bits per heavy atom. The lowest BCUT2D eigenvalue weighted by atomic mass is 10.2. The van der Waals surface area contributed by atoms with Gasteiger partial charge in [0, 0.05) is 19.1 Å². The minimum atomic E-state index is -3.62. The number of hydrogen-bond donors (Lipinski definition) is 2. The van der Waals surface area contributed by atoms with E-state index < -0.39 is 22.7 Å². The zero-order valence-electron chi connectivity index (χ0n) is 11.0. The third kappa shape index (κ3) is 5.66. The molecule has 20 heavy (non-hydrogen) atoms. The van der Waals surface area contributed by atoms with Gasteiger partial charge >= 0.3 is 0 Å². The molecule has 0 fully saturated rings. The molecule has 9 heteroatoms. The van der Waals surface area contributed by atoms with Gasteiger partial charge in [-0.05, 0) is 17.7 Å². The molecule has 0 aliphatic rings. The number of carbonyl (C=O) groups excluding carboxylic acids is 1. The maximum Gasteiger partial charge on any atom is 0.279 e. The lowest BCUT2D eigenvalue weighted by Crippen LogP contribution is -2.41. The van der Waals surface area contributed by atoms with E-state index in [0.717, 1.165) is 9.87 Å². The van der Waals surface area contributed by atoms with Gasteiger partial charge in [-0.15, -0.1) is 0 Å². The predicted octanol–water partition coefficient (Wildman–Crippen LogP) is 0.186. The van der Waals surface area contributed by atoms with Crippen LogP contribution in [0.3, 0.4) is 0 Å². The molecule has 1 aromatic rings. The van der Waals surface area contributed by atoms with E-state index in [9.17, 15) is 13.2 Å². The molecule has 110 valence electrons. The van der Waals surface area contributed by atoms with E-state index in [4.69, 9.17) is 11.6 Å². The second-order valence-corrected chi connectivity index (χ2v) is 6.36. The van der Waals surface area contributed by atoms with Crippen molar-refractivity contribution in [2.45, 2.75) is 0 Å². The first kappa shape index (κ1) is 16.6. The largest absolute Gasteiger partial charge is 0.279 e. The van der Waals surface area contributed by atoms with Crippen molar-refractivity contribution in [1.82, 2.24) is 14.5 Å². The zero-order chi connectivity index (χ0) is 15.2. The van der Waals surface area contributed by atoms with Crippen molar-refractivity contribution >= 4 is 33.9 Å². The molecule has 1 aromatic carbocycles. The van der Waals surface area contributed by atoms with Gasteiger partial charge in [0.05, 0.1) is 12.8 Å². The first-order chi connectivity index (χ1) is 9.31. The molecule has 0 aliphatic heterocycles. The Kier molecular flexibility index (Phi) is 6.08. The number of carbonyl (C=O) groups is 1. The molecular weight excluding hydrogens is 304 g/mol. The van der Waals surface area contributed by atoms with Crippen LogP contribution in [0.2, 0.25) is 5.02 Å². The van der Waals surface area contributed by atoms with E-state index in [1.165, 1.54) is 20.3 Å². The van der Waals surface area contributed by atoms with Gasteiger partial charge in [0.2, 0.25) is 0 Å². The molecule has 2 N–H and O–H groups in total. The number of nitrogens with one attached hydrogen (secondary N) is 2. The van der Waals surface area contributed by atoms with Crippen LogP contribution in [0.4, 0.5) is 0 Å². The van der Waals surface area contributed by atoms with Crippen LogP contribution in [0.25, 0.3) is 0 Å². The second kappa shape index (κ2) is 7.34. The van der Waals surface area contributed by atoms with Crippen molar-refractivity contribution in [2.75, 3.05) is 20.6 Å². The summed E-state index contributed by atoms with van der Waals surface area (Å²) in [6.45, 7) is -0.390. The number of hydrazone groups is 1. The Labute approximate surface area is 122 Å². The number of hydrogen-bond acceptors (Lipinski definition) is 4. The molecule has 0 heterocycles. The topological polar surface area (TPSA) is 90.9 Å². The molecule has 0 spiro atoms. The quantitative estimate of drug-likeness (QED) is 0.579. The Hall–Kier alpha value is -1.48. The zero-order valence-corrected chi connectivity index (χ0v) is 12.6. The van der Waals surface area contributed by atoms with Crippen molar-refractivity contribution in [3.63, 3.8) is 0 Å². The number of halogens is 1. The van der Waals surface area contributed by atoms with Gasteiger partial charge in [0.1, 0.15) is 0 Å². The summed E-state index contributed by atoms with van der Waals surface area (Å²) in [5.41, 5.74) is 2.96. The number of nitrogens with zero attached hydrogens (tertiary/aromatic N) is 2. The summed E-state index contributed by atoms with van der Waals surface area (Å²) in [4.78, 5) is 11.4. The standard InChI is InChI=1S/C11H15ClN4O3S/c1-16(2)20(18,19)14-8-11(17)15-13-7-9-3-5-10(12)6-4-9/h3-7,14H,8H2,1-2H3,(H,15,17)/b13-7-. The van der Waals surface area contributed by atoms with Crippen LogP contribution in [0, 0.1) is 0 Å². The van der Waals surface area contributed by atoms with Crippen molar-refractivity contribution in [3.05, 3.63) is 34.9 Å². The van der Waals surface area contributed by atoms with Gasteiger partial charge in [0.15, 0.2) is 0 Å². The number of benzene rings is 1. The molecule has 1 rings (SSSR count). The van der Waals surface area contributed by atoms with Crippen molar-refractivity contribution in [2.24, 2.45) is 5.10 Å². The van der Waals surface area contributed by atoms with Crippen molar-refractivity contribution in [1.29, 1.82) is 0 Å². The van der Waals surface area contributed by atoms with Crippen LogP contribution >= 0.6 is 11.6 Å². The molecule has 0 saturated heterocycles. The maximum atomic E-state index is 11.4. The number of amides is 1. The van der Waals surface area contributed by atoms with Crippen LogP contribution in [-0.2, 0) is 15.0 Å². The summed E-state index contributed by atoms with van der Waals surface area (Å²) < 4.78 is 25.8. The summed E-state index contributed by atoms with van der Waals surface area (Å²) in [6.07, 6.45) is 1.43. The summed E-state index contributed by atoms with van der Waals surface area (Å²) >= 11 is 5.72. The Morgan fingerprint density at radius 1 is 1.35 bits per heavy atom.